The van der Waals surface area contributed by atoms with Gasteiger partial charge in [0.1, 0.15) is 0 Å². The van der Waals surface area contributed by atoms with E-state index in [-0.39, 0.29) is 0 Å². The first-order valence-corrected chi connectivity index (χ1v) is 14.6. The quantitative estimate of drug-likeness (QED) is 0.136. The summed E-state index contributed by atoms with van der Waals surface area (Å²) in [5.74, 6) is 2.02. The van der Waals surface area contributed by atoms with Crippen LogP contribution in [0, 0.1) is 11.3 Å². The molecule has 0 heteroatoms. The average molecular weight is 422 g/mol. The van der Waals surface area contributed by atoms with E-state index in [0.717, 1.165) is 0 Å². The highest BCUT2D eigenvalue weighted by Crippen LogP contribution is 2.49. The minimum Gasteiger partial charge on any atom is -0.0654 e. The zero-order valence-electron chi connectivity index (χ0n) is 22.3. The SMILES string of the molecule is CCCCCC[C](CCCCCC)C(CCCC)(CCCCCC)CCCCCC. The van der Waals surface area contributed by atoms with Crippen molar-refractivity contribution >= 4 is 0 Å². The van der Waals surface area contributed by atoms with Crippen LogP contribution < -0.4 is 0 Å². The first-order valence-electron chi connectivity index (χ1n) is 14.6. The van der Waals surface area contributed by atoms with Crippen LogP contribution in [0.5, 0.6) is 0 Å². The Kier molecular flexibility index (Phi) is 22.2. The van der Waals surface area contributed by atoms with E-state index in [0.29, 0.717) is 5.41 Å². The Morgan fingerprint density at radius 1 is 0.367 bits per heavy atom. The molecule has 30 heavy (non-hydrogen) atoms. The number of rotatable bonds is 24. The summed E-state index contributed by atoms with van der Waals surface area (Å²) in [7, 11) is 0. The van der Waals surface area contributed by atoms with Crippen LogP contribution in [-0.2, 0) is 0 Å². The molecular weight excluding hydrogens is 360 g/mol. The van der Waals surface area contributed by atoms with Gasteiger partial charge in [-0.3, -0.25) is 0 Å². The smallest absolute Gasteiger partial charge is 0.0179 e. The van der Waals surface area contributed by atoms with E-state index in [1.54, 1.807) is 0 Å². The predicted molar refractivity (Wildman–Crippen MR) is 140 cm³/mol. The average Bonchev–Trinajstić information content (AvgIpc) is 2.76. The van der Waals surface area contributed by atoms with Crippen LogP contribution in [0.4, 0.5) is 0 Å². The highest BCUT2D eigenvalue weighted by molar-refractivity contribution is 5.07. The van der Waals surface area contributed by atoms with Gasteiger partial charge < -0.3 is 0 Å². The van der Waals surface area contributed by atoms with Gasteiger partial charge in [0.2, 0.25) is 0 Å². The molecular formula is C30H61. The third-order valence-corrected chi connectivity index (χ3v) is 7.44. The number of hydrogen-bond acceptors (Lipinski definition) is 0. The molecule has 0 amide bonds. The van der Waals surface area contributed by atoms with E-state index in [1.165, 1.54) is 148 Å². The van der Waals surface area contributed by atoms with E-state index in [2.05, 4.69) is 34.6 Å². The van der Waals surface area contributed by atoms with Crippen molar-refractivity contribution in [3.8, 4) is 0 Å². The third-order valence-electron chi connectivity index (χ3n) is 7.44. The Morgan fingerprint density at radius 2 is 0.700 bits per heavy atom. The molecule has 0 rings (SSSR count). The lowest BCUT2D eigenvalue weighted by Gasteiger charge is -2.42. The van der Waals surface area contributed by atoms with Crippen molar-refractivity contribution in [2.75, 3.05) is 0 Å². The Bertz CT molecular complexity index is 294. The Morgan fingerprint density at radius 3 is 1.07 bits per heavy atom. The molecule has 0 aliphatic rings. The fourth-order valence-corrected chi connectivity index (χ4v) is 5.39. The maximum absolute atomic E-state index is 2.40. The van der Waals surface area contributed by atoms with Crippen LogP contribution in [0.2, 0.25) is 0 Å². The summed E-state index contributed by atoms with van der Waals surface area (Å²) in [6, 6.07) is 0. The molecule has 0 unspecified atom stereocenters. The summed E-state index contributed by atoms with van der Waals surface area (Å²) >= 11 is 0. The largest absolute Gasteiger partial charge is 0.0654 e. The molecule has 0 fully saturated rings. The van der Waals surface area contributed by atoms with E-state index in [1.807, 2.05) is 5.92 Å². The second kappa shape index (κ2) is 22.2. The molecule has 0 N–H and O–H groups in total. The topological polar surface area (TPSA) is 0 Å². The van der Waals surface area contributed by atoms with Crippen molar-refractivity contribution in [1.82, 2.24) is 0 Å². The highest BCUT2D eigenvalue weighted by Gasteiger charge is 2.36. The molecule has 0 heterocycles. The Hall–Kier alpha value is 0. The molecule has 0 spiro atoms. The summed E-state index contributed by atoms with van der Waals surface area (Å²) in [5, 5.41) is 0. The number of unbranched alkanes of at least 4 members (excludes halogenated alkanes) is 13. The van der Waals surface area contributed by atoms with Crippen molar-refractivity contribution in [1.29, 1.82) is 0 Å². The van der Waals surface area contributed by atoms with Crippen LogP contribution in [0.15, 0.2) is 0 Å². The predicted octanol–water partition coefficient (Wildman–Crippen LogP) is 11.6. The van der Waals surface area contributed by atoms with Crippen LogP contribution in [0.3, 0.4) is 0 Å². The van der Waals surface area contributed by atoms with Crippen molar-refractivity contribution < 1.29 is 0 Å². The summed E-state index contributed by atoms with van der Waals surface area (Å²) in [6.45, 7) is 11.8. The molecule has 0 saturated carbocycles. The van der Waals surface area contributed by atoms with Crippen LogP contribution in [0.25, 0.3) is 0 Å². The molecule has 1 radical (unpaired) electrons. The van der Waals surface area contributed by atoms with Gasteiger partial charge in [-0.15, -0.1) is 0 Å². The molecule has 181 valence electrons. The van der Waals surface area contributed by atoms with Crippen LogP contribution >= 0.6 is 0 Å². The van der Waals surface area contributed by atoms with Gasteiger partial charge in [-0.25, -0.2) is 0 Å². The third kappa shape index (κ3) is 14.9. The molecule has 0 aromatic rings. The van der Waals surface area contributed by atoms with Crippen molar-refractivity contribution in [3.05, 3.63) is 5.92 Å². The van der Waals surface area contributed by atoms with Crippen LogP contribution in [0.1, 0.15) is 182 Å². The standard InChI is InChI=1S/C30H61/c1-6-11-16-20-24-29(25-21-17-12-7-2)30(26-15-10-5,27-22-18-13-8-3)28-23-19-14-9-4/h6-28H2,1-5H3. The van der Waals surface area contributed by atoms with Gasteiger partial charge in [0.25, 0.3) is 0 Å². The molecule has 0 atom stereocenters. The maximum Gasteiger partial charge on any atom is -0.0179 e. The van der Waals surface area contributed by atoms with Gasteiger partial charge in [-0.1, -0.05) is 150 Å². The Balaban J connectivity index is 5.32. The highest BCUT2D eigenvalue weighted by atomic mass is 14.4. The van der Waals surface area contributed by atoms with Gasteiger partial charge >= 0.3 is 0 Å². The maximum atomic E-state index is 2.40. The van der Waals surface area contributed by atoms with Crippen molar-refractivity contribution in [2.24, 2.45) is 5.41 Å². The lowest BCUT2D eigenvalue weighted by molar-refractivity contribution is 0.190. The number of hydrogen-bond donors (Lipinski definition) is 0. The van der Waals surface area contributed by atoms with Gasteiger partial charge in [-0.2, -0.15) is 0 Å². The minimum absolute atomic E-state index is 0.579. The lowest BCUT2D eigenvalue weighted by Crippen LogP contribution is -2.30. The normalized spacial score (nSPS) is 12.2. The lowest BCUT2D eigenvalue weighted by atomic mass is 9.62. The molecule has 0 aliphatic heterocycles. The fourth-order valence-electron chi connectivity index (χ4n) is 5.39. The second-order valence-electron chi connectivity index (χ2n) is 10.2. The van der Waals surface area contributed by atoms with E-state index < -0.39 is 0 Å². The second-order valence-corrected chi connectivity index (χ2v) is 10.2. The van der Waals surface area contributed by atoms with Crippen LogP contribution in [-0.4, -0.2) is 0 Å². The van der Waals surface area contributed by atoms with Gasteiger partial charge in [0.15, 0.2) is 0 Å². The summed E-state index contributed by atoms with van der Waals surface area (Å²) in [4.78, 5) is 0. The van der Waals surface area contributed by atoms with Crippen molar-refractivity contribution in [3.63, 3.8) is 0 Å². The summed E-state index contributed by atoms with van der Waals surface area (Å²) in [5.41, 5.74) is 0.579. The molecule has 0 aliphatic carbocycles. The van der Waals surface area contributed by atoms with E-state index in [4.69, 9.17) is 0 Å². The minimum atomic E-state index is 0.579. The zero-order valence-corrected chi connectivity index (χ0v) is 22.3. The van der Waals surface area contributed by atoms with E-state index in [9.17, 15) is 0 Å². The summed E-state index contributed by atoms with van der Waals surface area (Å²) in [6.07, 6.45) is 33.0. The van der Waals surface area contributed by atoms with Gasteiger partial charge in [0, 0.05) is 0 Å². The first kappa shape index (κ1) is 30.0. The zero-order chi connectivity index (χ0) is 22.3. The molecule has 0 bridgehead atoms. The first-order chi connectivity index (χ1) is 14.7. The van der Waals surface area contributed by atoms with Gasteiger partial charge in [0.05, 0.1) is 0 Å². The fraction of sp³-hybridized carbons (Fsp3) is 0.967. The molecule has 0 nitrogen and oxygen atoms in total. The van der Waals surface area contributed by atoms with Crippen molar-refractivity contribution in [2.45, 2.75) is 182 Å². The molecule has 0 saturated heterocycles. The van der Waals surface area contributed by atoms with E-state index >= 15 is 0 Å². The molecule has 0 aromatic heterocycles. The monoisotopic (exact) mass is 421 g/mol. The molecule has 0 aromatic carbocycles. The van der Waals surface area contributed by atoms with Gasteiger partial charge in [-0.05, 0) is 43.4 Å². The Labute approximate surface area is 193 Å². The summed E-state index contributed by atoms with van der Waals surface area (Å²) < 4.78 is 0.